The summed E-state index contributed by atoms with van der Waals surface area (Å²) in [5.41, 5.74) is 1.53. The van der Waals surface area contributed by atoms with E-state index in [0.717, 1.165) is 12.1 Å². The standard InChI is InChI=1S/C10H10N4O2/c15-14(16)8-3-4-10-9(5-8)11-12-13(10)6-7-1-2-7/h3-5,7H,1-2,6H2. The summed E-state index contributed by atoms with van der Waals surface area (Å²) >= 11 is 0. The van der Waals surface area contributed by atoms with Gasteiger partial charge in [0.2, 0.25) is 0 Å². The van der Waals surface area contributed by atoms with Gasteiger partial charge in [-0.2, -0.15) is 0 Å². The summed E-state index contributed by atoms with van der Waals surface area (Å²) in [6.45, 7) is 0.869. The van der Waals surface area contributed by atoms with E-state index in [4.69, 9.17) is 0 Å². The first-order valence-electron chi connectivity index (χ1n) is 5.21. The number of fused-ring (bicyclic) bond motifs is 1. The van der Waals surface area contributed by atoms with Crippen LogP contribution in [0.25, 0.3) is 11.0 Å². The van der Waals surface area contributed by atoms with Gasteiger partial charge < -0.3 is 0 Å². The fourth-order valence-electron chi connectivity index (χ4n) is 1.75. The van der Waals surface area contributed by atoms with Crippen LogP contribution in [-0.4, -0.2) is 19.9 Å². The van der Waals surface area contributed by atoms with Crippen LogP contribution in [-0.2, 0) is 6.54 Å². The zero-order chi connectivity index (χ0) is 11.1. The van der Waals surface area contributed by atoms with Gasteiger partial charge in [-0.05, 0) is 24.8 Å². The van der Waals surface area contributed by atoms with E-state index in [1.54, 1.807) is 6.07 Å². The van der Waals surface area contributed by atoms with Gasteiger partial charge in [0.1, 0.15) is 5.52 Å². The number of nitrogens with zero attached hydrogens (tertiary/aromatic N) is 4. The van der Waals surface area contributed by atoms with Crippen molar-refractivity contribution in [2.75, 3.05) is 0 Å². The molecule has 0 unspecified atom stereocenters. The Morgan fingerprint density at radius 1 is 1.50 bits per heavy atom. The minimum absolute atomic E-state index is 0.0611. The lowest BCUT2D eigenvalue weighted by molar-refractivity contribution is -0.384. The third-order valence-electron chi connectivity index (χ3n) is 2.84. The van der Waals surface area contributed by atoms with Crippen molar-refractivity contribution in [3.8, 4) is 0 Å². The molecule has 16 heavy (non-hydrogen) atoms. The van der Waals surface area contributed by atoms with Gasteiger partial charge in [0, 0.05) is 18.7 Å². The molecule has 0 radical (unpaired) electrons. The molecule has 0 saturated heterocycles. The van der Waals surface area contributed by atoms with Crippen LogP contribution < -0.4 is 0 Å². The van der Waals surface area contributed by atoms with Crippen LogP contribution in [0.5, 0.6) is 0 Å². The lowest BCUT2D eigenvalue weighted by atomic mass is 10.2. The topological polar surface area (TPSA) is 73.8 Å². The largest absolute Gasteiger partial charge is 0.271 e. The fourth-order valence-corrected chi connectivity index (χ4v) is 1.75. The molecule has 3 rings (SSSR count). The smallest absolute Gasteiger partial charge is 0.258 e. The van der Waals surface area contributed by atoms with E-state index in [1.807, 2.05) is 4.68 Å². The lowest BCUT2D eigenvalue weighted by Gasteiger charge is -1.98. The Labute approximate surface area is 91.0 Å². The monoisotopic (exact) mass is 218 g/mol. The number of benzene rings is 1. The zero-order valence-electron chi connectivity index (χ0n) is 8.54. The van der Waals surface area contributed by atoms with Crippen molar-refractivity contribution in [3.05, 3.63) is 28.3 Å². The Morgan fingerprint density at radius 2 is 2.31 bits per heavy atom. The Balaban J connectivity index is 2.02. The van der Waals surface area contributed by atoms with E-state index >= 15 is 0 Å². The van der Waals surface area contributed by atoms with Crippen molar-refractivity contribution in [3.63, 3.8) is 0 Å². The summed E-state index contributed by atoms with van der Waals surface area (Å²) in [6, 6.07) is 4.68. The van der Waals surface area contributed by atoms with Crippen LogP contribution in [0.4, 0.5) is 5.69 Å². The van der Waals surface area contributed by atoms with Gasteiger partial charge in [0.15, 0.2) is 0 Å². The Kier molecular flexibility index (Phi) is 1.89. The summed E-state index contributed by atoms with van der Waals surface area (Å²) in [4.78, 5) is 10.2. The van der Waals surface area contributed by atoms with Crippen molar-refractivity contribution < 1.29 is 4.92 Å². The fraction of sp³-hybridized carbons (Fsp3) is 0.400. The van der Waals surface area contributed by atoms with Crippen LogP contribution in [0.2, 0.25) is 0 Å². The summed E-state index contributed by atoms with van der Waals surface area (Å²) < 4.78 is 1.83. The number of hydrogen-bond acceptors (Lipinski definition) is 4. The van der Waals surface area contributed by atoms with Gasteiger partial charge in [-0.1, -0.05) is 5.21 Å². The Morgan fingerprint density at radius 3 is 3.00 bits per heavy atom. The molecule has 2 aromatic rings. The summed E-state index contributed by atoms with van der Waals surface area (Å²) in [5, 5.41) is 18.6. The van der Waals surface area contributed by atoms with Crippen molar-refractivity contribution >= 4 is 16.7 Å². The van der Waals surface area contributed by atoms with E-state index in [-0.39, 0.29) is 5.69 Å². The van der Waals surface area contributed by atoms with E-state index in [0.29, 0.717) is 11.4 Å². The molecule has 1 aromatic heterocycles. The van der Waals surface area contributed by atoms with Crippen molar-refractivity contribution in [2.45, 2.75) is 19.4 Å². The van der Waals surface area contributed by atoms with Crippen LogP contribution in [0, 0.1) is 16.0 Å². The first-order valence-corrected chi connectivity index (χ1v) is 5.21. The molecule has 1 aromatic carbocycles. The Bertz CT molecular complexity index is 559. The van der Waals surface area contributed by atoms with Gasteiger partial charge >= 0.3 is 0 Å². The van der Waals surface area contributed by atoms with Crippen molar-refractivity contribution in [2.24, 2.45) is 5.92 Å². The molecule has 0 aliphatic heterocycles. The third kappa shape index (κ3) is 1.52. The molecule has 6 heteroatoms. The lowest BCUT2D eigenvalue weighted by Crippen LogP contribution is -2.01. The van der Waals surface area contributed by atoms with Crippen molar-refractivity contribution in [1.29, 1.82) is 0 Å². The second-order valence-corrected chi connectivity index (χ2v) is 4.15. The number of hydrogen-bond donors (Lipinski definition) is 0. The van der Waals surface area contributed by atoms with E-state index < -0.39 is 4.92 Å². The number of aromatic nitrogens is 3. The highest BCUT2D eigenvalue weighted by molar-refractivity contribution is 5.76. The van der Waals surface area contributed by atoms with E-state index in [1.165, 1.54) is 25.0 Å². The number of nitro groups is 1. The molecule has 1 aliphatic carbocycles. The average Bonchev–Trinajstić information content (AvgIpc) is 2.99. The number of nitro benzene ring substituents is 1. The van der Waals surface area contributed by atoms with Crippen LogP contribution >= 0.6 is 0 Å². The average molecular weight is 218 g/mol. The number of rotatable bonds is 3. The predicted octanol–water partition coefficient (Wildman–Crippen LogP) is 1.75. The molecular weight excluding hydrogens is 208 g/mol. The third-order valence-corrected chi connectivity index (χ3v) is 2.84. The predicted molar refractivity (Wildman–Crippen MR) is 56.9 cm³/mol. The first-order chi connectivity index (χ1) is 7.74. The molecule has 1 fully saturated rings. The second kappa shape index (κ2) is 3.26. The molecular formula is C10H10N4O2. The summed E-state index contributed by atoms with van der Waals surface area (Å²) in [7, 11) is 0. The second-order valence-electron chi connectivity index (χ2n) is 4.15. The van der Waals surface area contributed by atoms with Gasteiger partial charge in [-0.15, -0.1) is 5.10 Å². The van der Waals surface area contributed by atoms with Crippen LogP contribution in [0.3, 0.4) is 0 Å². The maximum Gasteiger partial charge on any atom is 0.271 e. The minimum Gasteiger partial charge on any atom is -0.258 e. The van der Waals surface area contributed by atoms with Crippen molar-refractivity contribution in [1.82, 2.24) is 15.0 Å². The van der Waals surface area contributed by atoms with Gasteiger partial charge in [0.25, 0.3) is 5.69 Å². The normalized spacial score (nSPS) is 15.5. The molecule has 0 atom stereocenters. The minimum atomic E-state index is -0.417. The first kappa shape index (κ1) is 9.26. The molecule has 0 bridgehead atoms. The molecule has 0 N–H and O–H groups in total. The highest BCUT2D eigenvalue weighted by Crippen LogP contribution is 2.31. The molecule has 0 amide bonds. The van der Waals surface area contributed by atoms with Gasteiger partial charge in [-0.3, -0.25) is 10.1 Å². The van der Waals surface area contributed by atoms with Crippen LogP contribution in [0.1, 0.15) is 12.8 Å². The SMILES string of the molecule is O=[N+]([O-])c1ccc2c(c1)nnn2CC1CC1. The maximum absolute atomic E-state index is 10.6. The maximum atomic E-state index is 10.6. The Hall–Kier alpha value is -1.98. The summed E-state index contributed by atoms with van der Waals surface area (Å²) in [6.07, 6.45) is 2.49. The molecule has 1 aliphatic rings. The highest BCUT2D eigenvalue weighted by Gasteiger charge is 2.23. The van der Waals surface area contributed by atoms with E-state index in [2.05, 4.69) is 10.3 Å². The number of non-ortho nitro benzene ring substituents is 1. The molecule has 6 nitrogen and oxygen atoms in total. The zero-order valence-corrected chi connectivity index (χ0v) is 8.54. The van der Waals surface area contributed by atoms with Crippen LogP contribution in [0.15, 0.2) is 18.2 Å². The van der Waals surface area contributed by atoms with E-state index in [9.17, 15) is 10.1 Å². The molecule has 0 spiro atoms. The summed E-state index contributed by atoms with van der Waals surface area (Å²) in [5.74, 6) is 0.708. The molecule has 82 valence electrons. The van der Waals surface area contributed by atoms with Gasteiger partial charge in [-0.25, -0.2) is 4.68 Å². The molecule has 1 heterocycles. The molecule has 1 saturated carbocycles. The highest BCUT2D eigenvalue weighted by atomic mass is 16.6. The quantitative estimate of drug-likeness (QED) is 0.581. The van der Waals surface area contributed by atoms with Gasteiger partial charge in [0.05, 0.1) is 10.4 Å².